The van der Waals surface area contributed by atoms with Gasteiger partial charge in [0.2, 0.25) is 0 Å². The molecule has 3 rings (SSSR count). The molecule has 2 saturated carbocycles. The molecule has 3 nitrogen and oxygen atoms in total. The molecule has 1 aromatic heterocycles. The molecule has 0 aliphatic heterocycles. The maximum absolute atomic E-state index is 5.89. The largest absolute Gasteiger partial charge is 0.351 e. The summed E-state index contributed by atoms with van der Waals surface area (Å²) in [6.45, 7) is 3.19. The Morgan fingerprint density at radius 3 is 2.89 bits per heavy atom. The van der Waals surface area contributed by atoms with Gasteiger partial charge in [0.05, 0.1) is 0 Å². The van der Waals surface area contributed by atoms with E-state index >= 15 is 0 Å². The lowest BCUT2D eigenvalue weighted by Crippen LogP contribution is -2.28. The average molecular weight is 265 g/mol. The number of thiazole rings is 1. The second kappa shape index (κ2) is 4.82. The molecule has 1 heterocycles. The van der Waals surface area contributed by atoms with Crippen LogP contribution in [0.15, 0.2) is 6.20 Å². The molecule has 2 aliphatic carbocycles. The molecule has 100 valence electrons. The van der Waals surface area contributed by atoms with E-state index < -0.39 is 0 Å². The van der Waals surface area contributed by atoms with Gasteiger partial charge >= 0.3 is 0 Å². The lowest BCUT2D eigenvalue weighted by atomic mass is 9.88. The zero-order chi connectivity index (χ0) is 12.7. The third kappa shape index (κ3) is 2.28. The van der Waals surface area contributed by atoms with E-state index in [0.29, 0.717) is 0 Å². The molecule has 0 radical (unpaired) electrons. The zero-order valence-corrected chi connectivity index (χ0v) is 12.1. The number of nitrogens with zero attached hydrogens (tertiary/aromatic N) is 2. The van der Waals surface area contributed by atoms with Gasteiger partial charge in [0.25, 0.3) is 0 Å². The summed E-state index contributed by atoms with van der Waals surface area (Å²) in [6, 6.07) is 0.104. The highest BCUT2D eigenvalue weighted by Crippen LogP contribution is 2.48. The molecule has 2 fully saturated rings. The topological polar surface area (TPSA) is 42.1 Å². The van der Waals surface area contributed by atoms with Crippen LogP contribution < -0.4 is 10.6 Å². The normalized spacial score (nSPS) is 31.8. The molecule has 4 unspecified atom stereocenters. The molecule has 4 heteroatoms. The highest BCUT2D eigenvalue weighted by atomic mass is 32.1. The third-order valence-electron chi connectivity index (χ3n) is 4.68. The van der Waals surface area contributed by atoms with Gasteiger partial charge in [-0.3, -0.25) is 0 Å². The second-order valence-corrected chi connectivity index (χ2v) is 7.19. The first-order chi connectivity index (χ1) is 8.63. The van der Waals surface area contributed by atoms with E-state index in [-0.39, 0.29) is 6.04 Å². The summed E-state index contributed by atoms with van der Waals surface area (Å²) in [6.07, 6.45) is 7.81. The Morgan fingerprint density at radius 2 is 2.33 bits per heavy atom. The van der Waals surface area contributed by atoms with E-state index in [9.17, 15) is 0 Å². The Labute approximate surface area is 113 Å². The Balaban J connectivity index is 1.62. The quantitative estimate of drug-likeness (QED) is 0.910. The fourth-order valence-electron chi connectivity index (χ4n) is 3.69. The number of fused-ring (bicyclic) bond motifs is 2. The second-order valence-electron chi connectivity index (χ2n) is 6.15. The lowest BCUT2D eigenvalue weighted by molar-refractivity contribution is 0.337. The molecule has 4 atom stereocenters. The zero-order valence-electron chi connectivity index (χ0n) is 11.3. The van der Waals surface area contributed by atoms with Gasteiger partial charge in [0.15, 0.2) is 5.13 Å². The van der Waals surface area contributed by atoms with Crippen molar-refractivity contribution in [1.82, 2.24) is 4.98 Å². The van der Waals surface area contributed by atoms with Crippen LogP contribution >= 0.6 is 11.3 Å². The molecule has 0 aromatic carbocycles. The predicted molar refractivity (Wildman–Crippen MR) is 76.9 cm³/mol. The van der Waals surface area contributed by atoms with Crippen LogP contribution in [-0.2, 0) is 0 Å². The van der Waals surface area contributed by atoms with Gasteiger partial charge in [-0.05, 0) is 43.9 Å². The first-order valence-electron chi connectivity index (χ1n) is 7.06. The summed E-state index contributed by atoms with van der Waals surface area (Å²) < 4.78 is 0. The van der Waals surface area contributed by atoms with Crippen molar-refractivity contribution in [2.75, 3.05) is 18.5 Å². The first-order valence-corrected chi connectivity index (χ1v) is 7.87. The smallest absolute Gasteiger partial charge is 0.185 e. The van der Waals surface area contributed by atoms with Crippen molar-refractivity contribution in [1.29, 1.82) is 0 Å². The maximum atomic E-state index is 5.89. The molecule has 0 spiro atoms. The highest BCUT2D eigenvalue weighted by Gasteiger charge is 2.39. The maximum Gasteiger partial charge on any atom is 0.185 e. The van der Waals surface area contributed by atoms with Crippen molar-refractivity contribution in [2.45, 2.75) is 38.6 Å². The number of hydrogen-bond donors (Lipinski definition) is 1. The van der Waals surface area contributed by atoms with Gasteiger partial charge in [0, 0.05) is 30.7 Å². The van der Waals surface area contributed by atoms with Crippen molar-refractivity contribution in [3.8, 4) is 0 Å². The molecule has 0 amide bonds. The molecular formula is C14H23N3S. The van der Waals surface area contributed by atoms with E-state index in [2.05, 4.69) is 16.9 Å². The molecule has 18 heavy (non-hydrogen) atoms. The van der Waals surface area contributed by atoms with Crippen molar-refractivity contribution in [3.05, 3.63) is 11.1 Å². The highest BCUT2D eigenvalue weighted by molar-refractivity contribution is 7.15. The minimum absolute atomic E-state index is 0.104. The summed E-state index contributed by atoms with van der Waals surface area (Å²) in [5.74, 6) is 2.92. The fourth-order valence-corrected chi connectivity index (χ4v) is 4.53. The summed E-state index contributed by atoms with van der Waals surface area (Å²) in [5, 5.41) is 1.13. The molecule has 2 aliphatic rings. The van der Waals surface area contributed by atoms with Crippen LogP contribution in [-0.4, -0.2) is 18.6 Å². The van der Waals surface area contributed by atoms with Crippen molar-refractivity contribution in [2.24, 2.45) is 23.5 Å². The average Bonchev–Trinajstić information content (AvgIpc) is 3.04. The fraction of sp³-hybridized carbons (Fsp3) is 0.786. The van der Waals surface area contributed by atoms with Crippen molar-refractivity contribution >= 4 is 16.5 Å². The summed E-state index contributed by atoms with van der Waals surface area (Å²) in [5.41, 5.74) is 5.89. The van der Waals surface area contributed by atoms with Crippen LogP contribution in [0, 0.1) is 17.8 Å². The Morgan fingerprint density at radius 1 is 1.50 bits per heavy atom. The van der Waals surface area contributed by atoms with Crippen LogP contribution in [0.2, 0.25) is 0 Å². The van der Waals surface area contributed by atoms with Crippen molar-refractivity contribution < 1.29 is 0 Å². The van der Waals surface area contributed by atoms with Gasteiger partial charge < -0.3 is 10.6 Å². The summed E-state index contributed by atoms with van der Waals surface area (Å²) >= 11 is 1.74. The molecule has 2 N–H and O–H groups in total. The number of nitrogens with two attached hydrogens (primary N) is 1. The van der Waals surface area contributed by atoms with E-state index in [4.69, 9.17) is 5.73 Å². The van der Waals surface area contributed by atoms with Crippen LogP contribution in [0.25, 0.3) is 0 Å². The number of rotatable bonds is 4. The minimum atomic E-state index is 0.104. The van der Waals surface area contributed by atoms with Crippen LogP contribution in [0.5, 0.6) is 0 Å². The Bertz CT molecular complexity index is 415. The summed E-state index contributed by atoms with van der Waals surface area (Å²) in [4.78, 5) is 8.03. The molecule has 1 aromatic rings. The van der Waals surface area contributed by atoms with Crippen LogP contribution in [0.3, 0.4) is 0 Å². The van der Waals surface area contributed by atoms with Gasteiger partial charge in [-0.2, -0.15) is 0 Å². The predicted octanol–water partition coefficient (Wildman–Crippen LogP) is 3.04. The Hall–Kier alpha value is -0.610. The van der Waals surface area contributed by atoms with Gasteiger partial charge in [-0.1, -0.05) is 6.42 Å². The molecule has 0 saturated heterocycles. The SMILES string of the molecule is CC(N)c1cnc(N(C)CC2CC3CCC2C3)s1. The van der Waals surface area contributed by atoms with Gasteiger partial charge in [-0.25, -0.2) is 4.98 Å². The lowest BCUT2D eigenvalue weighted by Gasteiger charge is -2.26. The van der Waals surface area contributed by atoms with E-state index in [1.54, 1.807) is 11.3 Å². The van der Waals surface area contributed by atoms with E-state index in [1.165, 1.54) is 37.1 Å². The van der Waals surface area contributed by atoms with Gasteiger partial charge in [-0.15, -0.1) is 11.3 Å². The minimum Gasteiger partial charge on any atom is -0.351 e. The Kier molecular flexibility index (Phi) is 3.32. The first kappa shape index (κ1) is 12.4. The number of hydrogen-bond acceptors (Lipinski definition) is 4. The van der Waals surface area contributed by atoms with Crippen LogP contribution in [0.1, 0.15) is 43.5 Å². The van der Waals surface area contributed by atoms with E-state index in [1.807, 2.05) is 13.1 Å². The molecular weight excluding hydrogens is 242 g/mol. The van der Waals surface area contributed by atoms with Gasteiger partial charge in [0.1, 0.15) is 0 Å². The number of anilines is 1. The van der Waals surface area contributed by atoms with E-state index in [0.717, 1.165) is 22.9 Å². The standard InChI is InChI=1S/C14H23N3S/c1-9(15)13-7-16-14(18-13)17(2)8-12-6-10-3-4-11(12)5-10/h7,9-12H,3-6,8,15H2,1-2H3. The monoisotopic (exact) mass is 265 g/mol. The third-order valence-corrected chi connectivity index (χ3v) is 5.99. The summed E-state index contributed by atoms with van der Waals surface area (Å²) in [7, 11) is 2.18. The van der Waals surface area contributed by atoms with Crippen LogP contribution in [0.4, 0.5) is 5.13 Å². The van der Waals surface area contributed by atoms with Crippen molar-refractivity contribution in [3.63, 3.8) is 0 Å². The number of aromatic nitrogens is 1. The molecule has 2 bridgehead atoms.